The van der Waals surface area contributed by atoms with E-state index >= 15 is 0 Å². The molecule has 1 saturated heterocycles. The van der Waals surface area contributed by atoms with Gasteiger partial charge in [0.25, 0.3) is 0 Å². The first-order chi connectivity index (χ1) is 11.0. The van der Waals surface area contributed by atoms with Crippen molar-refractivity contribution in [3.05, 3.63) is 29.8 Å². The van der Waals surface area contributed by atoms with Gasteiger partial charge in [0.15, 0.2) is 0 Å². The van der Waals surface area contributed by atoms with Crippen LogP contribution < -0.4 is 4.74 Å². The SMILES string of the molecule is CCc1cccc(OCCN2CCOCC2)c1.O=C(O)C(=O)O. The van der Waals surface area contributed by atoms with Crippen LogP contribution in [0.25, 0.3) is 0 Å². The van der Waals surface area contributed by atoms with Crippen LogP contribution in [0.4, 0.5) is 0 Å². The van der Waals surface area contributed by atoms with Crippen LogP contribution in [0.15, 0.2) is 24.3 Å². The Bertz CT molecular complexity index is 487. The number of carboxylic acids is 2. The molecule has 0 aromatic heterocycles. The lowest BCUT2D eigenvalue weighted by Crippen LogP contribution is -2.38. The number of ether oxygens (including phenoxy) is 2. The topological polar surface area (TPSA) is 96.3 Å². The third kappa shape index (κ3) is 8.18. The monoisotopic (exact) mass is 325 g/mol. The molecule has 2 N–H and O–H groups in total. The van der Waals surface area contributed by atoms with Gasteiger partial charge in [-0.25, -0.2) is 9.59 Å². The Morgan fingerprint density at radius 2 is 1.87 bits per heavy atom. The fourth-order valence-electron chi connectivity index (χ4n) is 1.97. The van der Waals surface area contributed by atoms with E-state index in [9.17, 15) is 0 Å². The molecule has 23 heavy (non-hydrogen) atoms. The summed E-state index contributed by atoms with van der Waals surface area (Å²) in [6, 6.07) is 8.34. The summed E-state index contributed by atoms with van der Waals surface area (Å²) >= 11 is 0. The maximum atomic E-state index is 9.10. The zero-order valence-electron chi connectivity index (χ0n) is 13.2. The van der Waals surface area contributed by atoms with Gasteiger partial charge in [0.1, 0.15) is 12.4 Å². The Balaban J connectivity index is 0.000000379. The Morgan fingerprint density at radius 1 is 1.22 bits per heavy atom. The normalized spacial score (nSPS) is 14.5. The maximum absolute atomic E-state index is 9.10. The minimum atomic E-state index is -1.82. The fraction of sp³-hybridized carbons (Fsp3) is 0.500. The van der Waals surface area contributed by atoms with Crippen LogP contribution in [0.1, 0.15) is 12.5 Å². The lowest BCUT2D eigenvalue weighted by atomic mass is 10.2. The molecule has 1 aromatic carbocycles. The molecule has 1 heterocycles. The van der Waals surface area contributed by atoms with Gasteiger partial charge in [-0.1, -0.05) is 19.1 Å². The highest BCUT2D eigenvalue weighted by atomic mass is 16.5. The lowest BCUT2D eigenvalue weighted by Gasteiger charge is -2.26. The maximum Gasteiger partial charge on any atom is 0.414 e. The molecule has 128 valence electrons. The van der Waals surface area contributed by atoms with Crippen molar-refractivity contribution in [3.63, 3.8) is 0 Å². The van der Waals surface area contributed by atoms with Gasteiger partial charge in [-0.2, -0.15) is 0 Å². The second-order valence-corrected chi connectivity index (χ2v) is 4.91. The molecule has 0 unspecified atom stereocenters. The van der Waals surface area contributed by atoms with E-state index in [0.717, 1.165) is 51.6 Å². The summed E-state index contributed by atoms with van der Waals surface area (Å²) in [5.74, 6) is -2.66. The number of nitrogens with zero attached hydrogens (tertiary/aromatic N) is 1. The number of benzene rings is 1. The van der Waals surface area contributed by atoms with Crippen molar-refractivity contribution in [3.8, 4) is 5.75 Å². The number of hydrogen-bond acceptors (Lipinski definition) is 5. The second kappa shape index (κ2) is 10.6. The third-order valence-electron chi connectivity index (χ3n) is 3.27. The molecule has 7 nitrogen and oxygen atoms in total. The number of rotatable bonds is 5. The predicted octanol–water partition coefficient (Wildman–Crippen LogP) is 1.12. The molecular weight excluding hydrogens is 302 g/mol. The molecule has 1 fully saturated rings. The molecule has 0 atom stereocenters. The van der Waals surface area contributed by atoms with E-state index in [4.69, 9.17) is 29.3 Å². The second-order valence-electron chi connectivity index (χ2n) is 4.91. The Hall–Kier alpha value is -2.12. The largest absolute Gasteiger partial charge is 0.492 e. The summed E-state index contributed by atoms with van der Waals surface area (Å²) in [5, 5.41) is 14.8. The van der Waals surface area contributed by atoms with Crippen molar-refractivity contribution < 1.29 is 29.3 Å². The van der Waals surface area contributed by atoms with Crippen LogP contribution in [0.3, 0.4) is 0 Å². The Morgan fingerprint density at radius 3 is 2.43 bits per heavy atom. The molecule has 1 aliphatic heterocycles. The van der Waals surface area contributed by atoms with Gasteiger partial charge in [-0.05, 0) is 24.1 Å². The van der Waals surface area contributed by atoms with Crippen LogP contribution in [0, 0.1) is 0 Å². The first-order valence-electron chi connectivity index (χ1n) is 7.51. The molecule has 7 heteroatoms. The minimum absolute atomic E-state index is 0.757. The van der Waals surface area contributed by atoms with Gasteiger partial charge in [-0.3, -0.25) is 4.90 Å². The quantitative estimate of drug-likeness (QED) is 0.783. The van der Waals surface area contributed by atoms with E-state index in [1.165, 1.54) is 5.56 Å². The van der Waals surface area contributed by atoms with Crippen molar-refractivity contribution in [2.45, 2.75) is 13.3 Å². The van der Waals surface area contributed by atoms with E-state index < -0.39 is 11.9 Å². The van der Waals surface area contributed by atoms with E-state index in [2.05, 4.69) is 30.0 Å². The van der Waals surface area contributed by atoms with Crippen molar-refractivity contribution in [1.82, 2.24) is 4.90 Å². The molecule has 1 aliphatic rings. The molecular formula is C16H23NO6. The average molecular weight is 325 g/mol. The summed E-state index contributed by atoms with van der Waals surface area (Å²) in [6.45, 7) is 7.66. The highest BCUT2D eigenvalue weighted by molar-refractivity contribution is 6.27. The van der Waals surface area contributed by atoms with Gasteiger partial charge >= 0.3 is 11.9 Å². The van der Waals surface area contributed by atoms with Crippen molar-refractivity contribution in [1.29, 1.82) is 0 Å². The number of hydrogen-bond donors (Lipinski definition) is 2. The minimum Gasteiger partial charge on any atom is -0.492 e. The lowest BCUT2D eigenvalue weighted by molar-refractivity contribution is -0.159. The zero-order valence-corrected chi connectivity index (χ0v) is 13.2. The summed E-state index contributed by atoms with van der Waals surface area (Å²) in [6.07, 6.45) is 1.06. The van der Waals surface area contributed by atoms with Crippen LogP contribution in [0.5, 0.6) is 5.75 Å². The van der Waals surface area contributed by atoms with E-state index in [-0.39, 0.29) is 0 Å². The van der Waals surface area contributed by atoms with E-state index in [1.54, 1.807) is 0 Å². The predicted molar refractivity (Wildman–Crippen MR) is 83.8 cm³/mol. The van der Waals surface area contributed by atoms with Gasteiger partial charge < -0.3 is 19.7 Å². The molecule has 2 rings (SSSR count). The summed E-state index contributed by atoms with van der Waals surface area (Å²) in [5.41, 5.74) is 1.33. The number of aryl methyl sites for hydroxylation is 1. The van der Waals surface area contributed by atoms with Crippen LogP contribution in [0.2, 0.25) is 0 Å². The van der Waals surface area contributed by atoms with E-state index in [0.29, 0.717) is 0 Å². The van der Waals surface area contributed by atoms with Gasteiger partial charge in [-0.15, -0.1) is 0 Å². The van der Waals surface area contributed by atoms with E-state index in [1.807, 2.05) is 6.07 Å². The molecule has 0 bridgehead atoms. The molecule has 0 amide bonds. The highest BCUT2D eigenvalue weighted by Gasteiger charge is 2.09. The average Bonchev–Trinajstić information content (AvgIpc) is 2.56. The molecule has 0 saturated carbocycles. The van der Waals surface area contributed by atoms with Gasteiger partial charge in [0, 0.05) is 19.6 Å². The van der Waals surface area contributed by atoms with Crippen molar-refractivity contribution in [2.24, 2.45) is 0 Å². The number of carbonyl (C=O) groups is 2. The molecule has 0 spiro atoms. The Labute approximate surface area is 135 Å². The number of aliphatic carboxylic acids is 2. The van der Waals surface area contributed by atoms with Crippen LogP contribution in [-0.2, 0) is 20.7 Å². The van der Waals surface area contributed by atoms with Gasteiger partial charge in [0.05, 0.1) is 13.2 Å². The van der Waals surface area contributed by atoms with Crippen LogP contribution >= 0.6 is 0 Å². The number of morpholine rings is 1. The zero-order chi connectivity index (χ0) is 17.1. The van der Waals surface area contributed by atoms with Crippen molar-refractivity contribution >= 4 is 11.9 Å². The first kappa shape index (κ1) is 18.9. The fourth-order valence-corrected chi connectivity index (χ4v) is 1.97. The summed E-state index contributed by atoms with van der Waals surface area (Å²) < 4.78 is 11.1. The first-order valence-corrected chi connectivity index (χ1v) is 7.51. The van der Waals surface area contributed by atoms with Crippen molar-refractivity contribution in [2.75, 3.05) is 39.5 Å². The summed E-state index contributed by atoms with van der Waals surface area (Å²) in [4.78, 5) is 20.6. The standard InChI is InChI=1S/C14H21NO2.C2H2O4/c1-2-13-4-3-5-14(12-13)17-11-8-15-6-9-16-10-7-15;3-1(4)2(5)6/h3-5,12H,2,6-11H2,1H3;(H,3,4)(H,5,6). The highest BCUT2D eigenvalue weighted by Crippen LogP contribution is 2.13. The molecule has 0 aliphatic carbocycles. The smallest absolute Gasteiger partial charge is 0.414 e. The third-order valence-corrected chi connectivity index (χ3v) is 3.27. The number of carboxylic acid groups (broad SMARTS) is 2. The molecule has 1 aromatic rings. The summed E-state index contributed by atoms with van der Waals surface area (Å²) in [7, 11) is 0. The van der Waals surface area contributed by atoms with Gasteiger partial charge in [0.2, 0.25) is 0 Å². The van der Waals surface area contributed by atoms with Crippen LogP contribution in [-0.4, -0.2) is 66.5 Å². The molecule has 0 radical (unpaired) electrons. The Kier molecular flexibility index (Phi) is 8.71.